The van der Waals surface area contributed by atoms with E-state index in [1.807, 2.05) is 6.92 Å². The van der Waals surface area contributed by atoms with E-state index in [0.717, 1.165) is 0 Å². The van der Waals surface area contributed by atoms with Gasteiger partial charge in [0.15, 0.2) is 5.11 Å². The molecule has 4 nitrogen and oxygen atoms in total. The van der Waals surface area contributed by atoms with Gasteiger partial charge in [-0.25, -0.2) is 4.79 Å². The first kappa shape index (κ1) is 12.2. The van der Waals surface area contributed by atoms with E-state index in [1.54, 1.807) is 20.8 Å². The van der Waals surface area contributed by atoms with Gasteiger partial charge in [0.2, 0.25) is 0 Å². The molecule has 0 spiro atoms. The quantitative estimate of drug-likeness (QED) is 0.634. The van der Waals surface area contributed by atoms with Crippen LogP contribution in [0.5, 0.6) is 0 Å². The summed E-state index contributed by atoms with van der Waals surface area (Å²) in [4.78, 5) is 11.1. The monoisotopic (exact) mass is 204 g/mol. The van der Waals surface area contributed by atoms with E-state index in [4.69, 9.17) is 17.0 Å². The van der Waals surface area contributed by atoms with Crippen LogP contribution in [0.2, 0.25) is 0 Å². The molecule has 0 saturated heterocycles. The van der Waals surface area contributed by atoms with Crippen molar-refractivity contribution in [2.24, 2.45) is 0 Å². The second-order valence-corrected chi connectivity index (χ2v) is 3.89. The van der Waals surface area contributed by atoms with Gasteiger partial charge < -0.3 is 10.1 Å². The zero-order chi connectivity index (χ0) is 10.5. The molecular weight excluding hydrogens is 188 g/mol. The summed E-state index contributed by atoms with van der Waals surface area (Å²) in [5.74, 6) is 0. The third-order valence-corrected chi connectivity index (χ3v) is 1.20. The van der Waals surface area contributed by atoms with Crippen LogP contribution in [0.3, 0.4) is 0 Å². The predicted molar refractivity (Wildman–Crippen MR) is 55.6 cm³/mol. The third-order valence-electron chi connectivity index (χ3n) is 0.952. The van der Waals surface area contributed by atoms with Crippen molar-refractivity contribution in [2.45, 2.75) is 33.3 Å². The van der Waals surface area contributed by atoms with E-state index in [9.17, 15) is 4.79 Å². The van der Waals surface area contributed by atoms with Crippen LogP contribution in [0.25, 0.3) is 0 Å². The Labute approximate surface area is 84.0 Å². The summed E-state index contributed by atoms with van der Waals surface area (Å²) in [6.07, 6.45) is -0.529. The maximum absolute atomic E-state index is 11.1. The molecule has 0 aliphatic rings. The van der Waals surface area contributed by atoms with Crippen molar-refractivity contribution in [3.05, 3.63) is 0 Å². The van der Waals surface area contributed by atoms with Gasteiger partial charge in [0.1, 0.15) is 5.60 Å². The topological polar surface area (TPSA) is 50.4 Å². The zero-order valence-electron chi connectivity index (χ0n) is 8.43. The van der Waals surface area contributed by atoms with Crippen LogP contribution in [0.1, 0.15) is 27.7 Å². The highest BCUT2D eigenvalue weighted by Gasteiger charge is 2.16. The lowest BCUT2D eigenvalue weighted by Crippen LogP contribution is -2.41. The molecule has 0 fully saturated rings. The summed E-state index contributed by atoms with van der Waals surface area (Å²) in [6, 6.07) is 0. The Balaban J connectivity index is 3.82. The van der Waals surface area contributed by atoms with Gasteiger partial charge >= 0.3 is 6.09 Å². The van der Waals surface area contributed by atoms with Gasteiger partial charge in [-0.2, -0.15) is 0 Å². The number of thiocarbonyl (C=S) groups is 1. The molecule has 76 valence electrons. The van der Waals surface area contributed by atoms with Crippen LogP contribution in [-0.4, -0.2) is 23.4 Å². The largest absolute Gasteiger partial charge is 0.444 e. The molecule has 0 aromatic carbocycles. The van der Waals surface area contributed by atoms with Crippen LogP contribution in [0, 0.1) is 0 Å². The summed E-state index contributed by atoms with van der Waals surface area (Å²) in [7, 11) is 0. The molecule has 0 bridgehead atoms. The molecule has 5 heteroatoms. The first-order valence-corrected chi connectivity index (χ1v) is 4.54. The molecule has 0 aromatic heterocycles. The van der Waals surface area contributed by atoms with E-state index in [-0.39, 0.29) is 5.11 Å². The number of rotatable bonds is 1. The molecular formula is C8H16N2O2S. The summed E-state index contributed by atoms with van der Waals surface area (Å²) >= 11 is 4.80. The van der Waals surface area contributed by atoms with Crippen LogP contribution >= 0.6 is 12.2 Å². The Kier molecular flexibility index (Phi) is 4.69. The van der Waals surface area contributed by atoms with E-state index < -0.39 is 11.7 Å². The van der Waals surface area contributed by atoms with E-state index in [1.165, 1.54) is 0 Å². The molecule has 0 aliphatic carbocycles. The van der Waals surface area contributed by atoms with Crippen molar-refractivity contribution in [1.29, 1.82) is 0 Å². The van der Waals surface area contributed by atoms with Gasteiger partial charge in [-0.15, -0.1) is 0 Å². The average Bonchev–Trinajstić information content (AvgIpc) is 1.81. The highest BCUT2D eigenvalue weighted by molar-refractivity contribution is 7.80. The number of carbonyl (C=O) groups excluding carboxylic acids is 1. The van der Waals surface area contributed by atoms with Gasteiger partial charge in [0.05, 0.1) is 0 Å². The van der Waals surface area contributed by atoms with Crippen LogP contribution in [-0.2, 0) is 4.74 Å². The standard InChI is InChI=1S/C8H16N2O2S/c1-5-9-6(13)10-7(11)12-8(2,3)4/h5H2,1-4H3,(H2,9,10,11,13). The Morgan fingerprint density at radius 2 is 2.00 bits per heavy atom. The van der Waals surface area contributed by atoms with Gasteiger partial charge in [0.25, 0.3) is 0 Å². The minimum absolute atomic E-state index is 0.289. The molecule has 0 heterocycles. The maximum atomic E-state index is 11.1. The fourth-order valence-corrected chi connectivity index (χ4v) is 0.829. The first-order valence-electron chi connectivity index (χ1n) is 4.13. The minimum atomic E-state index is -0.529. The third kappa shape index (κ3) is 7.52. The van der Waals surface area contributed by atoms with Crippen molar-refractivity contribution in [1.82, 2.24) is 10.6 Å². The molecule has 0 radical (unpaired) electrons. The molecule has 0 aliphatic heterocycles. The molecule has 2 N–H and O–H groups in total. The van der Waals surface area contributed by atoms with Crippen LogP contribution < -0.4 is 10.6 Å². The zero-order valence-corrected chi connectivity index (χ0v) is 9.25. The van der Waals surface area contributed by atoms with E-state index >= 15 is 0 Å². The lowest BCUT2D eigenvalue weighted by atomic mass is 10.2. The van der Waals surface area contributed by atoms with E-state index in [2.05, 4.69) is 10.6 Å². The fourth-order valence-electron chi connectivity index (χ4n) is 0.601. The maximum Gasteiger partial charge on any atom is 0.413 e. The molecule has 13 heavy (non-hydrogen) atoms. The van der Waals surface area contributed by atoms with Crippen LogP contribution in [0.15, 0.2) is 0 Å². The SMILES string of the molecule is CCNC(=S)NC(=O)OC(C)(C)C. The number of carbonyl (C=O) groups is 1. The second-order valence-electron chi connectivity index (χ2n) is 3.49. The number of hydrogen-bond donors (Lipinski definition) is 2. The lowest BCUT2D eigenvalue weighted by Gasteiger charge is -2.19. The summed E-state index contributed by atoms with van der Waals surface area (Å²) in [5, 5.41) is 5.47. The van der Waals surface area contributed by atoms with Crippen molar-refractivity contribution in [2.75, 3.05) is 6.54 Å². The molecule has 0 rings (SSSR count). The van der Waals surface area contributed by atoms with Crippen LogP contribution in [0.4, 0.5) is 4.79 Å². The molecule has 0 atom stereocenters. The fraction of sp³-hybridized carbons (Fsp3) is 0.750. The summed E-state index contributed by atoms with van der Waals surface area (Å²) in [6.45, 7) is 7.95. The summed E-state index contributed by atoms with van der Waals surface area (Å²) in [5.41, 5.74) is -0.494. The summed E-state index contributed by atoms with van der Waals surface area (Å²) < 4.78 is 4.98. The normalized spacial score (nSPS) is 10.5. The Hall–Kier alpha value is -0.840. The Morgan fingerprint density at radius 1 is 1.46 bits per heavy atom. The number of hydrogen-bond acceptors (Lipinski definition) is 3. The van der Waals surface area contributed by atoms with Crippen molar-refractivity contribution in [3.63, 3.8) is 0 Å². The van der Waals surface area contributed by atoms with Gasteiger partial charge in [-0.3, -0.25) is 5.32 Å². The van der Waals surface area contributed by atoms with E-state index in [0.29, 0.717) is 6.54 Å². The van der Waals surface area contributed by atoms with Crippen molar-refractivity contribution in [3.8, 4) is 0 Å². The molecule has 0 aromatic rings. The first-order chi connectivity index (χ1) is 5.85. The van der Waals surface area contributed by atoms with Gasteiger partial charge in [0, 0.05) is 6.54 Å². The number of nitrogens with one attached hydrogen (secondary N) is 2. The lowest BCUT2D eigenvalue weighted by molar-refractivity contribution is 0.0563. The molecule has 0 saturated carbocycles. The molecule has 1 amide bonds. The minimum Gasteiger partial charge on any atom is -0.444 e. The smallest absolute Gasteiger partial charge is 0.413 e. The predicted octanol–water partition coefficient (Wildman–Crippen LogP) is 1.41. The average molecular weight is 204 g/mol. The number of alkyl carbamates (subject to hydrolysis) is 1. The highest BCUT2D eigenvalue weighted by Crippen LogP contribution is 2.05. The van der Waals surface area contributed by atoms with Gasteiger partial charge in [-0.1, -0.05) is 0 Å². The second kappa shape index (κ2) is 5.01. The van der Waals surface area contributed by atoms with Crippen molar-refractivity contribution < 1.29 is 9.53 Å². The number of amides is 1. The number of ether oxygens (including phenoxy) is 1. The highest BCUT2D eigenvalue weighted by atomic mass is 32.1. The molecule has 0 unspecified atom stereocenters. The Bertz CT molecular complexity index is 199. The Morgan fingerprint density at radius 3 is 2.38 bits per heavy atom. The van der Waals surface area contributed by atoms with Gasteiger partial charge in [-0.05, 0) is 39.9 Å². The van der Waals surface area contributed by atoms with Crippen molar-refractivity contribution >= 4 is 23.4 Å².